The maximum atomic E-state index is 13.4. The topological polar surface area (TPSA) is 35.2 Å². The Morgan fingerprint density at radius 2 is 1.60 bits per heavy atom. The van der Waals surface area contributed by atoms with Crippen LogP contribution in [0.5, 0.6) is 5.75 Å². The van der Waals surface area contributed by atoms with Crippen LogP contribution in [0.15, 0.2) is 48.5 Å². The van der Waals surface area contributed by atoms with Gasteiger partial charge >= 0.3 is 0 Å². The lowest BCUT2D eigenvalue weighted by Crippen LogP contribution is -2.01. The van der Waals surface area contributed by atoms with Crippen LogP contribution < -0.4 is 10.7 Å². The van der Waals surface area contributed by atoms with Crippen LogP contribution >= 0.6 is 0 Å². The molecule has 0 amide bonds. The van der Waals surface area contributed by atoms with Crippen LogP contribution in [0.3, 0.4) is 0 Å². The zero-order chi connectivity index (χ0) is 10.7. The van der Waals surface area contributed by atoms with Gasteiger partial charge in [0.25, 0.3) is 0 Å². The van der Waals surface area contributed by atoms with Gasteiger partial charge in [-0.15, -0.1) is 0 Å². The molecule has 2 rings (SSSR count). The Labute approximate surface area is 87.1 Å². The SMILES string of the molecule is NOc1ccc(-c2ccccc2F)cc1. The van der Waals surface area contributed by atoms with Crippen LogP contribution in [0.25, 0.3) is 11.1 Å². The van der Waals surface area contributed by atoms with Crippen LogP contribution in [0.1, 0.15) is 0 Å². The van der Waals surface area contributed by atoms with Gasteiger partial charge < -0.3 is 4.84 Å². The van der Waals surface area contributed by atoms with E-state index in [0.29, 0.717) is 11.3 Å². The van der Waals surface area contributed by atoms with Gasteiger partial charge in [-0.25, -0.2) is 4.39 Å². The van der Waals surface area contributed by atoms with E-state index in [-0.39, 0.29) is 5.82 Å². The van der Waals surface area contributed by atoms with Crippen molar-refractivity contribution in [3.05, 3.63) is 54.3 Å². The first-order valence-corrected chi connectivity index (χ1v) is 4.53. The van der Waals surface area contributed by atoms with Gasteiger partial charge in [-0.2, -0.15) is 5.90 Å². The number of hydrogen-bond donors (Lipinski definition) is 1. The molecular formula is C12H10FNO. The Hall–Kier alpha value is -1.87. The van der Waals surface area contributed by atoms with Crippen molar-refractivity contribution in [3.8, 4) is 16.9 Å². The summed E-state index contributed by atoms with van der Waals surface area (Å²) in [5, 5.41) is 0. The highest BCUT2D eigenvalue weighted by Crippen LogP contribution is 2.24. The normalized spacial score (nSPS) is 10.0. The lowest BCUT2D eigenvalue weighted by atomic mass is 10.1. The smallest absolute Gasteiger partial charge is 0.146 e. The molecule has 2 N–H and O–H groups in total. The second-order valence-electron chi connectivity index (χ2n) is 3.12. The van der Waals surface area contributed by atoms with E-state index in [0.717, 1.165) is 5.56 Å². The first-order chi connectivity index (χ1) is 7.31. The van der Waals surface area contributed by atoms with Gasteiger partial charge in [-0.05, 0) is 23.8 Å². The van der Waals surface area contributed by atoms with Crippen LogP contribution in [-0.2, 0) is 0 Å². The van der Waals surface area contributed by atoms with Crippen molar-refractivity contribution >= 4 is 0 Å². The highest BCUT2D eigenvalue weighted by molar-refractivity contribution is 5.64. The Balaban J connectivity index is 2.42. The van der Waals surface area contributed by atoms with Gasteiger partial charge in [0.05, 0.1) is 0 Å². The molecule has 2 nitrogen and oxygen atoms in total. The summed E-state index contributed by atoms with van der Waals surface area (Å²) in [5.41, 5.74) is 1.37. The fourth-order valence-electron chi connectivity index (χ4n) is 1.41. The number of nitrogens with two attached hydrogens (primary N) is 1. The van der Waals surface area contributed by atoms with E-state index >= 15 is 0 Å². The van der Waals surface area contributed by atoms with Gasteiger partial charge in [-0.1, -0.05) is 30.3 Å². The van der Waals surface area contributed by atoms with Crippen molar-refractivity contribution in [3.63, 3.8) is 0 Å². The van der Waals surface area contributed by atoms with E-state index in [1.54, 1.807) is 42.5 Å². The monoisotopic (exact) mass is 203 g/mol. The lowest BCUT2D eigenvalue weighted by molar-refractivity contribution is 0.334. The molecule has 0 fully saturated rings. The number of benzene rings is 2. The van der Waals surface area contributed by atoms with E-state index in [9.17, 15) is 4.39 Å². The molecule has 0 radical (unpaired) electrons. The summed E-state index contributed by atoms with van der Waals surface area (Å²) in [7, 11) is 0. The molecule has 0 aliphatic heterocycles. The van der Waals surface area contributed by atoms with Gasteiger partial charge in [0.15, 0.2) is 0 Å². The Morgan fingerprint density at radius 3 is 2.20 bits per heavy atom. The van der Waals surface area contributed by atoms with Crippen LogP contribution in [0, 0.1) is 5.82 Å². The fraction of sp³-hybridized carbons (Fsp3) is 0. The maximum Gasteiger partial charge on any atom is 0.146 e. The molecule has 0 aliphatic rings. The third-order valence-corrected chi connectivity index (χ3v) is 2.18. The quantitative estimate of drug-likeness (QED) is 0.761. The minimum Gasteiger partial charge on any atom is -0.412 e. The molecule has 0 saturated carbocycles. The summed E-state index contributed by atoms with van der Waals surface area (Å²) >= 11 is 0. The fourth-order valence-corrected chi connectivity index (χ4v) is 1.41. The molecule has 15 heavy (non-hydrogen) atoms. The van der Waals surface area contributed by atoms with Crippen molar-refractivity contribution in [1.29, 1.82) is 0 Å². The predicted molar refractivity (Wildman–Crippen MR) is 56.7 cm³/mol. The first kappa shape index (κ1) is 9.68. The number of halogens is 1. The van der Waals surface area contributed by atoms with Crippen LogP contribution in [0.2, 0.25) is 0 Å². The molecule has 2 aromatic rings. The Kier molecular flexibility index (Phi) is 2.65. The molecule has 0 aliphatic carbocycles. The van der Waals surface area contributed by atoms with Gasteiger partial charge in [-0.3, -0.25) is 0 Å². The number of rotatable bonds is 2. The average Bonchev–Trinajstić information content (AvgIpc) is 2.30. The van der Waals surface area contributed by atoms with E-state index in [4.69, 9.17) is 5.90 Å². The van der Waals surface area contributed by atoms with E-state index in [2.05, 4.69) is 4.84 Å². The summed E-state index contributed by atoms with van der Waals surface area (Å²) in [6.45, 7) is 0. The molecule has 76 valence electrons. The average molecular weight is 203 g/mol. The van der Waals surface area contributed by atoms with E-state index in [1.165, 1.54) is 6.07 Å². The summed E-state index contributed by atoms with van der Waals surface area (Å²) in [5.74, 6) is 5.31. The van der Waals surface area contributed by atoms with E-state index < -0.39 is 0 Å². The van der Waals surface area contributed by atoms with Gasteiger partial charge in [0.1, 0.15) is 11.6 Å². The minimum absolute atomic E-state index is 0.237. The summed E-state index contributed by atoms with van der Waals surface area (Å²) in [6, 6.07) is 13.5. The van der Waals surface area contributed by atoms with Crippen molar-refractivity contribution in [1.82, 2.24) is 0 Å². The Morgan fingerprint density at radius 1 is 0.933 bits per heavy atom. The van der Waals surface area contributed by atoms with Crippen molar-refractivity contribution in [2.75, 3.05) is 0 Å². The van der Waals surface area contributed by atoms with Crippen molar-refractivity contribution in [2.45, 2.75) is 0 Å². The molecule has 0 heterocycles. The van der Waals surface area contributed by atoms with Gasteiger partial charge in [0.2, 0.25) is 0 Å². The standard InChI is InChI=1S/C12H10FNO/c13-12-4-2-1-3-11(12)9-5-7-10(15-14)8-6-9/h1-8H,14H2. The molecular weight excluding hydrogens is 193 g/mol. The zero-order valence-corrected chi connectivity index (χ0v) is 7.98. The largest absolute Gasteiger partial charge is 0.412 e. The second-order valence-corrected chi connectivity index (χ2v) is 3.12. The lowest BCUT2D eigenvalue weighted by Gasteiger charge is -2.04. The highest BCUT2D eigenvalue weighted by atomic mass is 19.1. The molecule has 0 bridgehead atoms. The van der Waals surface area contributed by atoms with Crippen molar-refractivity contribution in [2.24, 2.45) is 5.90 Å². The summed E-state index contributed by atoms with van der Waals surface area (Å²) in [4.78, 5) is 4.54. The Bertz CT molecular complexity index is 453. The highest BCUT2D eigenvalue weighted by Gasteiger charge is 2.03. The number of hydrogen-bond acceptors (Lipinski definition) is 2. The van der Waals surface area contributed by atoms with Crippen molar-refractivity contribution < 1.29 is 9.23 Å². The molecule has 0 atom stereocenters. The van der Waals surface area contributed by atoms with Gasteiger partial charge in [0, 0.05) is 5.56 Å². The van der Waals surface area contributed by atoms with Crippen LogP contribution in [0.4, 0.5) is 4.39 Å². The predicted octanol–water partition coefficient (Wildman–Crippen LogP) is 2.75. The third-order valence-electron chi connectivity index (χ3n) is 2.18. The summed E-state index contributed by atoms with van der Waals surface area (Å²) < 4.78 is 13.4. The molecule has 0 saturated heterocycles. The first-order valence-electron chi connectivity index (χ1n) is 4.53. The summed E-state index contributed by atoms with van der Waals surface area (Å²) in [6.07, 6.45) is 0. The minimum atomic E-state index is -0.237. The maximum absolute atomic E-state index is 13.4. The molecule has 0 unspecified atom stereocenters. The van der Waals surface area contributed by atoms with E-state index in [1.807, 2.05) is 0 Å². The zero-order valence-electron chi connectivity index (χ0n) is 7.98. The molecule has 3 heteroatoms. The molecule has 0 aromatic heterocycles. The van der Waals surface area contributed by atoms with Crippen LogP contribution in [-0.4, -0.2) is 0 Å². The third kappa shape index (κ3) is 1.97. The second kappa shape index (κ2) is 4.11. The molecule has 0 spiro atoms. The molecule has 2 aromatic carbocycles.